The molecule has 1 heterocycles. The van der Waals surface area contributed by atoms with E-state index in [2.05, 4.69) is 35.1 Å². The maximum absolute atomic E-state index is 9.93. The highest BCUT2D eigenvalue weighted by molar-refractivity contribution is 5.93. The van der Waals surface area contributed by atoms with E-state index in [0.29, 0.717) is 18.1 Å². The van der Waals surface area contributed by atoms with Gasteiger partial charge in [-0.25, -0.2) is 4.98 Å². The molecule has 0 spiro atoms. The van der Waals surface area contributed by atoms with Crippen LogP contribution in [0.1, 0.15) is 45.1 Å². The Morgan fingerprint density at radius 3 is 2.50 bits per heavy atom. The molecular formula is C26H42N6O2. The smallest absolute Gasteiger partial charge is 0.137 e. The fourth-order valence-electron chi connectivity index (χ4n) is 3.61. The van der Waals surface area contributed by atoms with Gasteiger partial charge in [-0.15, -0.1) is 0 Å². The molecular weight excluding hydrogens is 428 g/mol. The van der Waals surface area contributed by atoms with Crippen molar-refractivity contribution in [2.75, 3.05) is 51.0 Å². The summed E-state index contributed by atoms with van der Waals surface area (Å²) in [5.41, 5.74) is 3.37. The molecule has 0 radical (unpaired) electrons. The molecule has 2 aromatic rings. The third-order valence-corrected chi connectivity index (χ3v) is 5.31. The van der Waals surface area contributed by atoms with Gasteiger partial charge in [0.2, 0.25) is 0 Å². The van der Waals surface area contributed by atoms with Crippen molar-refractivity contribution in [3.63, 3.8) is 0 Å². The summed E-state index contributed by atoms with van der Waals surface area (Å²) in [4.78, 5) is 4.83. The van der Waals surface area contributed by atoms with Gasteiger partial charge in [-0.3, -0.25) is 0 Å². The van der Waals surface area contributed by atoms with Crippen LogP contribution in [0.15, 0.2) is 30.3 Å². The lowest BCUT2D eigenvalue weighted by Crippen LogP contribution is -2.29. The third kappa shape index (κ3) is 9.29. The number of nitrogens with zero attached hydrogens (tertiary/aromatic N) is 1. The van der Waals surface area contributed by atoms with Gasteiger partial charge in [0.05, 0.1) is 11.3 Å². The van der Waals surface area contributed by atoms with Crippen LogP contribution in [-0.4, -0.2) is 68.8 Å². The van der Waals surface area contributed by atoms with Gasteiger partial charge in [-0.1, -0.05) is 25.0 Å². The lowest BCUT2D eigenvalue weighted by molar-refractivity contribution is 0.108. The zero-order chi connectivity index (χ0) is 24.8. The van der Waals surface area contributed by atoms with E-state index in [1.807, 2.05) is 37.4 Å². The molecule has 1 atom stereocenters. The fourth-order valence-corrected chi connectivity index (χ4v) is 3.61. The number of benzene rings is 1. The highest BCUT2D eigenvalue weighted by Crippen LogP contribution is 2.30. The molecule has 8 heteroatoms. The lowest BCUT2D eigenvalue weighted by atomic mass is 10.1. The van der Waals surface area contributed by atoms with E-state index in [-0.39, 0.29) is 12.6 Å². The maximum Gasteiger partial charge on any atom is 0.137 e. The zero-order valence-electron chi connectivity index (χ0n) is 21.1. The molecule has 188 valence electrons. The Kier molecular flexibility index (Phi) is 12.4. The number of nitrogens with one attached hydrogen (secondary N) is 5. The predicted octanol–water partition coefficient (Wildman–Crippen LogP) is 3.72. The maximum atomic E-state index is 9.93. The Balaban J connectivity index is 2.22. The van der Waals surface area contributed by atoms with Crippen molar-refractivity contribution >= 4 is 17.7 Å². The number of likely N-dealkylation sites (N-methyl/N-ethyl adjacent to an activating group) is 1. The second kappa shape index (κ2) is 15.3. The largest absolute Gasteiger partial charge is 0.491 e. The summed E-state index contributed by atoms with van der Waals surface area (Å²) in [5.74, 6) is 1.37. The van der Waals surface area contributed by atoms with E-state index in [1.165, 1.54) is 25.5 Å². The topological polar surface area (TPSA) is 114 Å². The van der Waals surface area contributed by atoms with Crippen LogP contribution in [0, 0.1) is 5.41 Å². The number of unbranched alkanes of at least 4 members (excludes halogenated alkanes) is 3. The van der Waals surface area contributed by atoms with Crippen LogP contribution in [-0.2, 0) is 0 Å². The molecule has 0 bridgehead atoms. The molecule has 1 aromatic heterocycles. The summed E-state index contributed by atoms with van der Waals surface area (Å²) in [7, 11) is 3.78. The summed E-state index contributed by atoms with van der Waals surface area (Å²) in [5, 5.41) is 31.0. The van der Waals surface area contributed by atoms with Gasteiger partial charge in [0.15, 0.2) is 0 Å². The number of ether oxygens (including phenoxy) is 1. The summed E-state index contributed by atoms with van der Waals surface area (Å²) in [6.45, 7) is 6.71. The van der Waals surface area contributed by atoms with Crippen molar-refractivity contribution in [2.24, 2.45) is 0 Å². The van der Waals surface area contributed by atoms with Crippen LogP contribution < -0.4 is 26.0 Å². The van der Waals surface area contributed by atoms with Crippen LogP contribution in [0.3, 0.4) is 0 Å². The van der Waals surface area contributed by atoms with E-state index >= 15 is 0 Å². The van der Waals surface area contributed by atoms with E-state index in [0.717, 1.165) is 42.0 Å². The second-order valence-electron chi connectivity index (χ2n) is 8.76. The minimum Gasteiger partial charge on any atom is -0.491 e. The molecule has 6 N–H and O–H groups in total. The Hall–Kier alpha value is -2.68. The Bertz CT molecular complexity index is 874. The van der Waals surface area contributed by atoms with Crippen molar-refractivity contribution in [2.45, 2.75) is 51.7 Å². The number of rotatable bonds is 17. The molecule has 0 amide bonds. The fraction of sp³-hybridized carbons (Fsp3) is 0.538. The van der Waals surface area contributed by atoms with Crippen molar-refractivity contribution in [1.29, 1.82) is 5.41 Å². The highest BCUT2D eigenvalue weighted by atomic mass is 16.5. The standard InChI is InChI=1S/C26H42N6O2/c1-19(2)31-26-23(16-27)25(30-13-8-6-5-7-12-28-3)15-24(32-26)20-10-9-11-22(14-20)34-18-21(33)17-29-4/h9-11,14-16,19,21,27-29,33H,5-8,12-13,17-18H2,1-4H3,(H2,30,31,32). The monoisotopic (exact) mass is 470 g/mol. The molecule has 0 aliphatic carbocycles. The summed E-state index contributed by atoms with van der Waals surface area (Å²) in [6.07, 6.45) is 5.42. The van der Waals surface area contributed by atoms with Crippen LogP contribution >= 0.6 is 0 Å². The van der Waals surface area contributed by atoms with E-state index in [4.69, 9.17) is 15.1 Å². The van der Waals surface area contributed by atoms with Gasteiger partial charge in [-0.05, 0) is 65.5 Å². The van der Waals surface area contributed by atoms with Crippen LogP contribution in [0.2, 0.25) is 0 Å². The first-order chi connectivity index (χ1) is 16.5. The number of hydrogen-bond donors (Lipinski definition) is 6. The molecule has 2 rings (SSSR count). The van der Waals surface area contributed by atoms with Crippen molar-refractivity contribution < 1.29 is 9.84 Å². The number of hydrogen-bond acceptors (Lipinski definition) is 8. The van der Waals surface area contributed by atoms with Crippen molar-refractivity contribution in [1.82, 2.24) is 15.6 Å². The average molecular weight is 471 g/mol. The van der Waals surface area contributed by atoms with Gasteiger partial charge in [-0.2, -0.15) is 0 Å². The van der Waals surface area contributed by atoms with Gasteiger partial charge < -0.3 is 36.5 Å². The number of aromatic nitrogens is 1. The molecule has 0 aliphatic rings. The van der Waals surface area contributed by atoms with Crippen LogP contribution in [0.5, 0.6) is 5.75 Å². The highest BCUT2D eigenvalue weighted by Gasteiger charge is 2.14. The quantitative estimate of drug-likeness (QED) is 0.154. The number of aliphatic hydroxyl groups excluding tert-OH is 1. The molecule has 1 aromatic carbocycles. The number of anilines is 2. The van der Waals surface area contributed by atoms with Crippen LogP contribution in [0.4, 0.5) is 11.5 Å². The normalized spacial score (nSPS) is 11.9. The Morgan fingerprint density at radius 1 is 1.06 bits per heavy atom. The summed E-state index contributed by atoms with van der Waals surface area (Å²) >= 11 is 0. The van der Waals surface area contributed by atoms with Crippen molar-refractivity contribution in [3.05, 3.63) is 35.9 Å². The molecule has 0 aliphatic heterocycles. The molecule has 0 saturated carbocycles. The molecule has 0 fully saturated rings. The Labute approximate surface area is 204 Å². The lowest BCUT2D eigenvalue weighted by Gasteiger charge is -2.18. The Morgan fingerprint density at radius 2 is 1.82 bits per heavy atom. The third-order valence-electron chi connectivity index (χ3n) is 5.31. The first-order valence-electron chi connectivity index (χ1n) is 12.2. The zero-order valence-corrected chi connectivity index (χ0v) is 21.1. The second-order valence-corrected chi connectivity index (χ2v) is 8.76. The molecule has 8 nitrogen and oxygen atoms in total. The average Bonchev–Trinajstić information content (AvgIpc) is 2.82. The van der Waals surface area contributed by atoms with Gasteiger partial charge in [0.25, 0.3) is 0 Å². The number of pyridine rings is 1. The van der Waals surface area contributed by atoms with E-state index in [1.54, 1.807) is 7.05 Å². The minimum absolute atomic E-state index is 0.185. The molecule has 0 saturated heterocycles. The predicted molar refractivity (Wildman–Crippen MR) is 143 cm³/mol. The van der Waals surface area contributed by atoms with Gasteiger partial charge in [0, 0.05) is 36.6 Å². The van der Waals surface area contributed by atoms with Gasteiger partial charge in [0.1, 0.15) is 24.3 Å². The number of aliphatic hydroxyl groups is 1. The van der Waals surface area contributed by atoms with E-state index in [9.17, 15) is 5.11 Å². The molecule has 1 unspecified atom stereocenters. The van der Waals surface area contributed by atoms with Crippen LogP contribution in [0.25, 0.3) is 11.3 Å². The van der Waals surface area contributed by atoms with Crippen molar-refractivity contribution in [3.8, 4) is 17.0 Å². The minimum atomic E-state index is -0.575. The first kappa shape index (κ1) is 27.6. The molecule has 34 heavy (non-hydrogen) atoms. The van der Waals surface area contributed by atoms with Gasteiger partial charge >= 0.3 is 0 Å². The van der Waals surface area contributed by atoms with E-state index < -0.39 is 6.10 Å². The summed E-state index contributed by atoms with van der Waals surface area (Å²) in [6, 6.07) is 9.92. The first-order valence-corrected chi connectivity index (χ1v) is 12.2. The SMILES string of the molecule is CNCCCCCCNc1cc(-c2cccc(OCC(O)CNC)c2)nc(NC(C)C)c1C=N. The summed E-state index contributed by atoms with van der Waals surface area (Å²) < 4.78 is 5.78.